The van der Waals surface area contributed by atoms with Gasteiger partial charge in [0.15, 0.2) is 0 Å². The maximum atomic E-state index is 14.1. The number of nitrogens with one attached hydrogen (secondary N) is 1. The molecule has 3 N–H and O–H groups in total. The predicted octanol–water partition coefficient (Wildman–Crippen LogP) is -7.59. The number of hydrogen-bond acceptors (Lipinski definition) is 26. The van der Waals surface area contributed by atoms with Crippen molar-refractivity contribution in [1.82, 2.24) is 0 Å². The van der Waals surface area contributed by atoms with E-state index in [0.29, 0.717) is 0 Å². The molecule has 7 aromatic carbocycles. The number of hydrogen-bond donors (Lipinski definition) is 2. The molecule has 80 heavy (non-hydrogen) atoms. The van der Waals surface area contributed by atoms with Crippen molar-refractivity contribution in [2.24, 2.45) is 35.8 Å². The van der Waals surface area contributed by atoms with Crippen molar-refractivity contribution in [2.45, 2.75) is 26.5 Å². The Hall–Kier alpha value is -3.11. The van der Waals surface area contributed by atoms with Gasteiger partial charge in [0.25, 0.3) is 0 Å². The first-order valence-electron chi connectivity index (χ1n) is 20.7. The van der Waals surface area contributed by atoms with Gasteiger partial charge in [-0.1, -0.05) is 24.3 Å². The molecule has 36 heteroatoms. The molecule has 0 amide bonds. The van der Waals surface area contributed by atoms with Crippen LogP contribution in [0.25, 0.3) is 27.6 Å². The molecule has 0 atom stereocenters. The largest absolute Gasteiger partial charge is 1.00 e. The number of azo groups is 3. The number of nitrogens with zero attached hydrogens (tertiary/aromatic N) is 7. The van der Waals surface area contributed by atoms with Gasteiger partial charge in [-0.3, -0.25) is 10.2 Å². The number of carbonyl (C=O) groups excluding carboxylic acids is 1. The number of hydrazone groups is 1. The van der Waals surface area contributed by atoms with Crippen LogP contribution in [0.4, 0.5) is 45.5 Å². The second-order valence-electron chi connectivity index (χ2n) is 15.5. The number of Topliss-reactive ketones (excluding diaryl/α,β-unsaturated/α-hetero) is 1. The predicted molar refractivity (Wildman–Crippen MR) is 260 cm³/mol. The van der Waals surface area contributed by atoms with Gasteiger partial charge in [-0.15, -0.1) is 20.5 Å². The Bertz CT molecular complexity index is 4380. The molecule has 0 radical (unpaired) electrons. The maximum absolute atomic E-state index is 14.1. The van der Waals surface area contributed by atoms with E-state index in [-0.39, 0.29) is 238 Å². The van der Waals surface area contributed by atoms with E-state index in [0.717, 1.165) is 72.8 Å². The number of nitrogen functional groups attached to an aromatic ring is 1. The van der Waals surface area contributed by atoms with Gasteiger partial charge in [-0.25, -0.2) is 42.1 Å². The molecule has 0 heterocycles. The van der Waals surface area contributed by atoms with Gasteiger partial charge in [0.05, 0.1) is 65.2 Å². The Morgan fingerprint density at radius 1 is 0.500 bits per heavy atom. The van der Waals surface area contributed by atoms with Crippen LogP contribution in [-0.2, 0) is 50.6 Å². The first-order chi connectivity index (χ1) is 35.1. The second-order valence-corrected chi connectivity index (χ2v) is 22.3. The molecule has 7 aromatic rings. The van der Waals surface area contributed by atoms with E-state index in [1.807, 2.05) is 0 Å². The van der Waals surface area contributed by atoms with Crippen molar-refractivity contribution in [3.8, 4) is 5.75 Å². The molecule has 0 unspecified atom stereocenters. The zero-order chi connectivity index (χ0) is 54.4. The van der Waals surface area contributed by atoms with E-state index in [4.69, 9.17) is 10.5 Å². The standard InChI is InChI=1S/C44H33N9O17S5.5Na/c1-2-70-39-22-38(50-49-37-16-15-36(29-11-9-27(19-32(29)37)73(61,62)63)48-46-23-5-3-7-25(17-23)71(55,56)57)33-20-28(74(64,65)66)10-12-30(33)42(39)52-53-43-40(75(67,68)69)21-34-31(44(43)54)13-14-35(45)41(34)51-47-24-6-4-8-26(18-24)72(58,59)60;;;;;/h3-22,52H,2,45H2,1H3,(H,55,56,57)(H,58,59,60)(H,61,62,63)(H,64,65,66)(H,67,68,69);;;;;/q;5*+1/p-5/b48-46?,50-49?,51-47?,53-43+;;;;;. The summed E-state index contributed by atoms with van der Waals surface area (Å²) >= 11 is 0. The van der Waals surface area contributed by atoms with Crippen LogP contribution in [-0.4, -0.2) is 83.0 Å². The fourth-order valence-electron chi connectivity index (χ4n) is 7.27. The Morgan fingerprint density at radius 2 is 0.963 bits per heavy atom. The number of ether oxygens (including phenoxy) is 1. The van der Waals surface area contributed by atoms with Gasteiger partial charge in [-0.2, -0.15) is 15.3 Å². The Kier molecular flexibility index (Phi) is 25.1. The number of fused-ring (bicyclic) bond motifs is 3. The molecule has 0 spiro atoms. The van der Waals surface area contributed by atoms with Gasteiger partial charge < -0.3 is 33.2 Å². The summed E-state index contributed by atoms with van der Waals surface area (Å²) < 4.78 is 187. The van der Waals surface area contributed by atoms with E-state index in [9.17, 15) is 69.6 Å². The number of carbonyl (C=O) groups is 1. The second kappa shape index (κ2) is 28.2. The summed E-state index contributed by atoms with van der Waals surface area (Å²) in [5.41, 5.74) is 5.73. The van der Waals surface area contributed by atoms with Gasteiger partial charge in [0, 0.05) is 38.7 Å². The minimum absolute atomic E-state index is 0. The van der Waals surface area contributed by atoms with Crippen LogP contribution in [0.5, 0.6) is 5.75 Å². The number of allylic oxidation sites excluding steroid dienone is 1. The third kappa shape index (κ3) is 16.4. The zero-order valence-electron chi connectivity index (χ0n) is 42.4. The number of anilines is 2. The van der Waals surface area contributed by atoms with Crippen LogP contribution in [0.2, 0.25) is 0 Å². The van der Waals surface area contributed by atoms with Gasteiger partial charge in [-0.05, 0) is 97.9 Å². The van der Waals surface area contributed by atoms with Crippen molar-refractivity contribution in [2.75, 3.05) is 17.8 Å². The number of nitrogens with two attached hydrogens (primary N) is 1. The summed E-state index contributed by atoms with van der Waals surface area (Å²) in [7, 11) is -25.6. The molecule has 0 aliphatic heterocycles. The fourth-order valence-corrected chi connectivity index (χ4v) is 9.92. The van der Waals surface area contributed by atoms with Crippen LogP contribution in [0.15, 0.2) is 176 Å². The number of benzene rings is 7. The average Bonchev–Trinajstić information content (AvgIpc) is 3.33. The van der Waals surface area contributed by atoms with Crippen LogP contribution in [0.3, 0.4) is 0 Å². The maximum Gasteiger partial charge on any atom is 1.00 e. The first kappa shape index (κ1) is 71.2. The molecule has 386 valence electrons. The van der Waals surface area contributed by atoms with E-state index >= 15 is 0 Å². The molecule has 1 aliphatic carbocycles. The molecule has 0 bridgehead atoms. The third-order valence-corrected chi connectivity index (χ3v) is 14.8. The van der Waals surface area contributed by atoms with Gasteiger partial charge in [0.2, 0.25) is 5.78 Å². The molecule has 0 fully saturated rings. The van der Waals surface area contributed by atoms with E-state index in [2.05, 4.69) is 41.2 Å². The average molecular weight is 1230 g/mol. The first-order valence-corrected chi connectivity index (χ1v) is 27.7. The smallest absolute Gasteiger partial charge is 0.744 e. The van der Waals surface area contributed by atoms with Crippen molar-refractivity contribution in [3.63, 3.8) is 0 Å². The van der Waals surface area contributed by atoms with Crippen molar-refractivity contribution < 1.29 is 222 Å². The summed E-state index contributed by atoms with van der Waals surface area (Å²) in [6, 6.07) is 21.1. The molecule has 1 aliphatic rings. The Balaban J connectivity index is 0.00000336. The van der Waals surface area contributed by atoms with Gasteiger partial charge >= 0.3 is 148 Å². The van der Waals surface area contributed by atoms with Crippen molar-refractivity contribution in [1.29, 1.82) is 0 Å². The molecule has 8 rings (SSSR count). The molecular formula is C44H28N9Na5O17S5. The van der Waals surface area contributed by atoms with Gasteiger partial charge in [0.1, 0.15) is 73.4 Å². The Labute approximate surface area is 566 Å². The van der Waals surface area contributed by atoms with Crippen LogP contribution in [0.1, 0.15) is 22.8 Å². The summed E-state index contributed by atoms with van der Waals surface area (Å²) in [6.07, 6.45) is 0.747. The summed E-state index contributed by atoms with van der Waals surface area (Å²) in [4.78, 5) is 10.2. The zero-order valence-corrected chi connectivity index (χ0v) is 56.5. The molecule has 26 nitrogen and oxygen atoms in total. The molecule has 0 saturated carbocycles. The number of ketones is 1. The van der Waals surface area contributed by atoms with Crippen LogP contribution in [0, 0.1) is 0 Å². The topological polar surface area (TPSA) is 437 Å². The van der Waals surface area contributed by atoms with E-state index in [1.165, 1.54) is 48.5 Å². The third-order valence-electron chi connectivity index (χ3n) is 10.7. The quantitative estimate of drug-likeness (QED) is 0.0316. The number of rotatable bonds is 15. The van der Waals surface area contributed by atoms with Crippen molar-refractivity contribution >= 4 is 135 Å². The summed E-state index contributed by atoms with van der Waals surface area (Å²) in [5.74, 6) is -1.35. The van der Waals surface area contributed by atoms with E-state index in [1.54, 1.807) is 6.92 Å². The minimum atomic E-state index is -5.60. The molecule has 0 saturated heterocycles. The van der Waals surface area contributed by atoms with Crippen LogP contribution < -0.4 is 164 Å². The van der Waals surface area contributed by atoms with E-state index < -0.39 is 86.6 Å². The summed E-state index contributed by atoms with van der Waals surface area (Å²) in [5, 5.41) is 28.3. The van der Waals surface area contributed by atoms with Crippen molar-refractivity contribution in [3.05, 3.63) is 131 Å². The Morgan fingerprint density at radius 3 is 1.48 bits per heavy atom. The fraction of sp³-hybridized carbons (Fsp3) is 0.0455. The SMILES string of the molecule is CCOc1cc(N=Nc2ccc(N=Nc3cccc(S(=O)(=O)[O-])c3)c3ccc(S(=O)(=O)[O-])cc23)c2cc(S(=O)(=O)[O-])ccc2c1N/N=C1/C(=O)c2ccc(N)c(N=Nc3cccc(S(=O)(=O)[O-])c3)c2C=C1S(=O)(=O)[O-].[Na+].[Na+].[Na+].[Na+].[Na+]. The molecular weight excluding hydrogens is 1200 g/mol. The summed E-state index contributed by atoms with van der Waals surface area (Å²) in [6.45, 7) is 1.44. The van der Waals surface area contributed by atoms with Crippen LogP contribution >= 0.6 is 0 Å². The monoisotopic (exact) mass is 1230 g/mol. The minimum Gasteiger partial charge on any atom is -0.744 e. The normalized spacial score (nSPS) is 13.4. The molecule has 0 aromatic heterocycles.